The first-order valence-corrected chi connectivity index (χ1v) is 20.1. The Labute approximate surface area is 305 Å². The molecular weight excluding hydrogens is 659 g/mol. The highest BCUT2D eigenvalue weighted by Crippen LogP contribution is 2.32. The van der Waals surface area contributed by atoms with Gasteiger partial charge in [-0.05, 0) is 49.4 Å². The minimum atomic E-state index is -1.10. The number of urea groups is 1. The lowest BCUT2D eigenvalue weighted by molar-refractivity contribution is -0.143. The molecule has 2 saturated carbocycles. The topological polar surface area (TPSA) is 188 Å². The fourth-order valence-electron chi connectivity index (χ4n) is 6.23. The van der Waals surface area contributed by atoms with E-state index in [1.165, 1.54) is 4.90 Å². The number of likely N-dealkylation sites (tertiary alicyclic amines) is 1. The third-order valence-corrected chi connectivity index (χ3v) is 10.9. The highest BCUT2D eigenvalue weighted by atomic mass is 32.2. The summed E-state index contributed by atoms with van der Waals surface area (Å²) in [6, 6.07) is -3.25. The lowest BCUT2D eigenvalue weighted by atomic mass is 9.80. The number of aliphatic hydroxyl groups excluding tert-OH is 1. The minimum absolute atomic E-state index is 0.0256. The molecule has 0 aromatic carbocycles. The average Bonchev–Trinajstić information content (AvgIpc) is 3.52. The van der Waals surface area contributed by atoms with E-state index < -0.39 is 63.5 Å². The minimum Gasteiger partial charge on any atom is -0.400 e. The summed E-state index contributed by atoms with van der Waals surface area (Å²) in [6.45, 7) is 20.2. The summed E-state index contributed by atoms with van der Waals surface area (Å²) in [6.07, 6.45) is 8.65. The van der Waals surface area contributed by atoms with Crippen molar-refractivity contribution in [3.63, 3.8) is 0 Å². The molecule has 2 aliphatic carbocycles. The smallest absolute Gasteiger partial charge is 0.315 e. The number of rotatable bonds is 12. The number of carbonyl (C=O) groups excluding carboxylic acids is 5. The van der Waals surface area contributed by atoms with Crippen LogP contribution < -0.4 is 21.7 Å². The van der Waals surface area contributed by atoms with Crippen LogP contribution in [0.3, 0.4) is 0 Å². The van der Waals surface area contributed by atoms with Crippen molar-refractivity contribution in [2.45, 2.75) is 169 Å². The molecule has 12 nitrogen and oxygen atoms in total. The van der Waals surface area contributed by atoms with Crippen molar-refractivity contribution in [1.82, 2.24) is 20.9 Å². The van der Waals surface area contributed by atoms with Crippen molar-refractivity contribution >= 4 is 40.3 Å². The van der Waals surface area contributed by atoms with Gasteiger partial charge in [-0.3, -0.25) is 23.4 Å². The maximum Gasteiger partial charge on any atom is 0.315 e. The second kappa shape index (κ2) is 23.1. The maximum absolute atomic E-state index is 14.0. The van der Waals surface area contributed by atoms with Crippen molar-refractivity contribution in [2.24, 2.45) is 23.0 Å². The number of Topliss-reactive ketones (excluding diaryl/α,β-unsaturated/α-hetero) is 1. The van der Waals surface area contributed by atoms with Gasteiger partial charge < -0.3 is 31.7 Å². The largest absolute Gasteiger partial charge is 0.400 e. The van der Waals surface area contributed by atoms with Gasteiger partial charge in [0.15, 0.2) is 0 Å². The second-order valence-electron chi connectivity index (χ2n) is 15.6. The molecule has 0 aromatic heterocycles. The Morgan fingerprint density at radius 1 is 0.880 bits per heavy atom. The zero-order valence-corrected chi connectivity index (χ0v) is 33.8. The van der Waals surface area contributed by atoms with Crippen LogP contribution in [0.5, 0.6) is 0 Å². The number of aliphatic hydroxyl groups is 1. The first-order valence-electron chi connectivity index (χ1n) is 18.7. The summed E-state index contributed by atoms with van der Waals surface area (Å²) in [5.41, 5.74) is 3.99. The Morgan fingerprint density at radius 3 is 1.86 bits per heavy atom. The molecule has 0 radical (unpaired) electrons. The zero-order chi connectivity index (χ0) is 38.8. The van der Waals surface area contributed by atoms with Crippen LogP contribution in [-0.4, -0.2) is 92.1 Å². The van der Waals surface area contributed by atoms with Gasteiger partial charge in [-0.15, -0.1) is 0 Å². The molecule has 1 heterocycles. The molecule has 0 spiro atoms. The van der Waals surface area contributed by atoms with Crippen LogP contribution in [0.1, 0.15) is 140 Å². The van der Waals surface area contributed by atoms with E-state index in [9.17, 15) is 28.2 Å². The summed E-state index contributed by atoms with van der Waals surface area (Å²) in [7, 11) is -0.103. The molecular formula is C37H71N5O7S. The summed E-state index contributed by atoms with van der Waals surface area (Å²) in [4.78, 5) is 66.4. The van der Waals surface area contributed by atoms with E-state index >= 15 is 0 Å². The number of carbonyl (C=O) groups is 5. The van der Waals surface area contributed by atoms with Crippen LogP contribution >= 0.6 is 0 Å². The van der Waals surface area contributed by atoms with Gasteiger partial charge in [0, 0.05) is 35.5 Å². The first-order chi connectivity index (χ1) is 23.4. The Morgan fingerprint density at radius 2 is 1.42 bits per heavy atom. The van der Waals surface area contributed by atoms with Gasteiger partial charge in [-0.1, -0.05) is 108 Å². The number of nitrogens with one attached hydrogen (secondary N) is 3. The quantitative estimate of drug-likeness (QED) is 0.182. The predicted molar refractivity (Wildman–Crippen MR) is 202 cm³/mol. The zero-order valence-electron chi connectivity index (χ0n) is 33.0. The number of hydrogen-bond donors (Lipinski definition) is 5. The van der Waals surface area contributed by atoms with E-state index in [1.54, 1.807) is 0 Å². The maximum atomic E-state index is 14.0. The van der Waals surface area contributed by atoms with Gasteiger partial charge in [0.2, 0.25) is 17.6 Å². The summed E-state index contributed by atoms with van der Waals surface area (Å²) < 4.78 is 12.8. The molecule has 3 unspecified atom stereocenters. The first kappa shape index (κ1) is 47.5. The molecule has 3 fully saturated rings. The fraction of sp³-hybridized carbons (Fsp3) is 0.865. The normalized spacial score (nSPS) is 20.2. The lowest BCUT2D eigenvalue weighted by Crippen LogP contribution is -2.63. The standard InChI is InChI=1S/C30H51N5O6S.C4H10.C2H6.CH4O/c1-19(2)42(41)18-30(14-7-6-8-15-30)34-28(40)33-24(29(3,4)5)27(39)35-16-10-13-22(35)26(38)32-21(23(36)25(31)37)17-20-11-9-12-20;1-4(2)3;2*1-2/h19-22,24H,6-18H2,1-5H3,(H2,31,37)(H,32,38)(H2,33,34,40);4H,1-3H3;1-2H3;2H,1H3/t21?,22-,24?,42?;;;/m0.../s1. The van der Waals surface area contributed by atoms with Crippen LogP contribution in [0.2, 0.25) is 0 Å². The van der Waals surface area contributed by atoms with Crippen molar-refractivity contribution in [3.8, 4) is 0 Å². The van der Waals surface area contributed by atoms with Crippen LogP contribution in [0.25, 0.3) is 0 Å². The Kier molecular flexibility index (Phi) is 21.9. The Hall–Kier alpha value is -2.54. The fourth-order valence-corrected chi connectivity index (χ4v) is 7.47. The van der Waals surface area contributed by atoms with Crippen LogP contribution in [-0.2, 0) is 30.0 Å². The van der Waals surface area contributed by atoms with Gasteiger partial charge in [-0.2, -0.15) is 0 Å². The second-order valence-corrected chi connectivity index (χ2v) is 17.5. The predicted octanol–water partition coefficient (Wildman–Crippen LogP) is 4.58. The van der Waals surface area contributed by atoms with Gasteiger partial charge in [0.25, 0.3) is 5.91 Å². The van der Waals surface area contributed by atoms with Crippen LogP contribution in [0.4, 0.5) is 4.79 Å². The molecule has 4 atom stereocenters. The van der Waals surface area contributed by atoms with Crippen molar-refractivity contribution < 1.29 is 33.3 Å². The van der Waals surface area contributed by atoms with Crippen molar-refractivity contribution in [3.05, 3.63) is 0 Å². The Balaban J connectivity index is 0.00000275. The molecule has 50 heavy (non-hydrogen) atoms. The molecule has 1 saturated heterocycles. The van der Waals surface area contributed by atoms with E-state index in [2.05, 4.69) is 36.7 Å². The highest BCUT2D eigenvalue weighted by Gasteiger charge is 2.44. The van der Waals surface area contributed by atoms with E-state index in [4.69, 9.17) is 10.8 Å². The van der Waals surface area contributed by atoms with E-state index in [1.807, 2.05) is 48.5 Å². The molecule has 5 amide bonds. The van der Waals surface area contributed by atoms with Crippen molar-refractivity contribution in [1.29, 1.82) is 0 Å². The molecule has 0 aromatic rings. The number of primary amides is 1. The lowest BCUT2D eigenvalue weighted by Gasteiger charge is -2.40. The summed E-state index contributed by atoms with van der Waals surface area (Å²) in [5.74, 6) is -1.34. The van der Waals surface area contributed by atoms with Gasteiger partial charge in [0.05, 0.1) is 11.6 Å². The van der Waals surface area contributed by atoms with Crippen LogP contribution in [0.15, 0.2) is 0 Å². The van der Waals surface area contributed by atoms with Gasteiger partial charge in [0.1, 0.15) is 12.1 Å². The number of ketones is 1. The summed E-state index contributed by atoms with van der Waals surface area (Å²) in [5, 5.41) is 15.7. The number of amides is 5. The summed E-state index contributed by atoms with van der Waals surface area (Å²) >= 11 is 0. The molecule has 6 N–H and O–H groups in total. The average molecular weight is 730 g/mol. The number of hydrogen-bond acceptors (Lipinski definition) is 7. The molecule has 0 bridgehead atoms. The van der Waals surface area contributed by atoms with E-state index in [0.29, 0.717) is 31.6 Å². The third-order valence-electron chi connectivity index (χ3n) is 9.03. The van der Waals surface area contributed by atoms with Gasteiger partial charge in [-0.25, -0.2) is 4.79 Å². The molecule has 13 heteroatoms. The Bertz CT molecular complexity index is 1100. The third kappa shape index (κ3) is 15.8. The van der Waals surface area contributed by atoms with Crippen LogP contribution in [0, 0.1) is 17.3 Å². The van der Waals surface area contributed by atoms with Crippen molar-refractivity contribution in [2.75, 3.05) is 19.4 Å². The highest BCUT2D eigenvalue weighted by molar-refractivity contribution is 7.85. The molecule has 1 aliphatic heterocycles. The SMILES string of the molecule is CC.CC(C)C.CC(C)S(=O)CC1(NC(=O)NC(C(=O)N2CCC[C@H]2C(=O)NC(CC2CCC2)C(=O)C(N)=O)C(C)(C)C)CCCCC1.CO. The molecule has 3 rings (SSSR count). The van der Waals surface area contributed by atoms with E-state index in [0.717, 1.165) is 64.4 Å². The molecule has 3 aliphatic rings. The number of nitrogens with zero attached hydrogens (tertiary/aromatic N) is 1. The number of nitrogens with two attached hydrogens (primary N) is 1. The van der Waals surface area contributed by atoms with Gasteiger partial charge >= 0.3 is 6.03 Å². The monoisotopic (exact) mass is 730 g/mol. The molecule has 292 valence electrons. The van der Waals surface area contributed by atoms with E-state index in [-0.39, 0.29) is 17.1 Å².